The highest BCUT2D eigenvalue weighted by Gasteiger charge is 2.35. The fraction of sp³-hybridized carbons (Fsp3) is 0.579. The third kappa shape index (κ3) is 3.30. The van der Waals surface area contributed by atoms with Crippen molar-refractivity contribution < 1.29 is 23.8 Å². The van der Waals surface area contributed by atoms with Crippen LogP contribution in [0.1, 0.15) is 48.9 Å². The molecule has 3 aliphatic rings. The van der Waals surface area contributed by atoms with E-state index < -0.39 is 5.97 Å². The van der Waals surface area contributed by atoms with Gasteiger partial charge in [-0.25, -0.2) is 4.79 Å². The van der Waals surface area contributed by atoms with Crippen LogP contribution in [0.5, 0.6) is 11.5 Å². The third-order valence-corrected chi connectivity index (χ3v) is 5.50. The van der Waals surface area contributed by atoms with E-state index in [0.29, 0.717) is 29.0 Å². The molecule has 1 aromatic carbocycles. The summed E-state index contributed by atoms with van der Waals surface area (Å²) in [6.45, 7) is 0.738. The van der Waals surface area contributed by atoms with Crippen molar-refractivity contribution in [2.45, 2.75) is 44.6 Å². The highest BCUT2D eigenvalue weighted by atomic mass is 16.7. The van der Waals surface area contributed by atoms with Crippen LogP contribution in [0.25, 0.3) is 0 Å². The number of fused-ring (bicyclic) bond motifs is 2. The van der Waals surface area contributed by atoms with Gasteiger partial charge in [-0.3, -0.25) is 4.79 Å². The molecule has 6 nitrogen and oxygen atoms in total. The number of esters is 1. The van der Waals surface area contributed by atoms with Crippen LogP contribution in [0.4, 0.5) is 0 Å². The number of nitrogens with zero attached hydrogens (tertiary/aromatic N) is 1. The monoisotopic (exact) mass is 345 g/mol. The zero-order valence-corrected chi connectivity index (χ0v) is 14.2. The first-order chi connectivity index (χ1) is 12.2. The molecule has 2 heterocycles. The molecule has 1 saturated carbocycles. The molecule has 6 heteroatoms. The van der Waals surface area contributed by atoms with Crippen LogP contribution in [-0.2, 0) is 9.53 Å². The molecule has 0 spiro atoms. The molecule has 4 rings (SSSR count). The first-order valence-electron chi connectivity index (χ1n) is 9.08. The molecule has 1 aromatic rings. The van der Waals surface area contributed by atoms with Crippen LogP contribution in [0, 0.1) is 5.92 Å². The Bertz CT molecular complexity index is 672. The fourth-order valence-electron chi connectivity index (χ4n) is 4.25. The molecule has 0 radical (unpaired) electrons. The van der Waals surface area contributed by atoms with Gasteiger partial charge in [-0.05, 0) is 49.8 Å². The second-order valence-electron chi connectivity index (χ2n) is 6.99. The standard InChI is InChI=1S/C19H23NO5/c21-18(20-9-3-5-13-4-1-2-6-15(13)20)11-23-19(22)14-7-8-16-17(10-14)25-12-24-16/h7-8,10,13,15H,1-6,9,11-12H2/t13-,15+/m1/s1. The van der Waals surface area contributed by atoms with Crippen LogP contribution in [-0.4, -0.2) is 42.8 Å². The number of rotatable bonds is 3. The zero-order valence-electron chi connectivity index (χ0n) is 14.2. The van der Waals surface area contributed by atoms with Crippen molar-refractivity contribution in [2.75, 3.05) is 19.9 Å². The van der Waals surface area contributed by atoms with Gasteiger partial charge in [0.15, 0.2) is 18.1 Å². The van der Waals surface area contributed by atoms with E-state index in [2.05, 4.69) is 0 Å². The zero-order chi connectivity index (χ0) is 17.2. The van der Waals surface area contributed by atoms with Crippen molar-refractivity contribution in [3.8, 4) is 11.5 Å². The summed E-state index contributed by atoms with van der Waals surface area (Å²) in [6.07, 6.45) is 7.00. The fourth-order valence-corrected chi connectivity index (χ4v) is 4.25. The highest BCUT2D eigenvalue weighted by molar-refractivity contribution is 5.92. The van der Waals surface area contributed by atoms with Crippen molar-refractivity contribution in [1.82, 2.24) is 4.90 Å². The normalized spacial score (nSPS) is 24.6. The number of hydrogen-bond acceptors (Lipinski definition) is 5. The molecule has 2 atom stereocenters. The Hall–Kier alpha value is -2.24. The topological polar surface area (TPSA) is 65.1 Å². The lowest BCUT2D eigenvalue weighted by Crippen LogP contribution is -2.50. The molecule has 0 bridgehead atoms. The Morgan fingerprint density at radius 3 is 2.80 bits per heavy atom. The average Bonchev–Trinajstić information content (AvgIpc) is 3.13. The van der Waals surface area contributed by atoms with Gasteiger partial charge in [0.1, 0.15) is 0 Å². The van der Waals surface area contributed by atoms with Gasteiger partial charge >= 0.3 is 5.97 Å². The van der Waals surface area contributed by atoms with E-state index in [9.17, 15) is 9.59 Å². The van der Waals surface area contributed by atoms with Crippen molar-refractivity contribution in [1.29, 1.82) is 0 Å². The largest absolute Gasteiger partial charge is 0.454 e. The summed E-state index contributed by atoms with van der Waals surface area (Å²) >= 11 is 0. The molecule has 1 aliphatic carbocycles. The molecule has 0 N–H and O–H groups in total. The highest BCUT2D eigenvalue weighted by Crippen LogP contribution is 2.35. The number of benzene rings is 1. The lowest BCUT2D eigenvalue weighted by Gasteiger charge is -2.44. The lowest BCUT2D eigenvalue weighted by molar-refractivity contribution is -0.140. The van der Waals surface area contributed by atoms with Gasteiger partial charge in [-0.15, -0.1) is 0 Å². The van der Waals surface area contributed by atoms with E-state index in [4.69, 9.17) is 14.2 Å². The summed E-state index contributed by atoms with van der Waals surface area (Å²) in [5.74, 6) is 1.18. The number of piperidine rings is 1. The minimum Gasteiger partial charge on any atom is -0.454 e. The molecule has 0 aromatic heterocycles. The summed E-state index contributed by atoms with van der Waals surface area (Å²) in [4.78, 5) is 26.7. The third-order valence-electron chi connectivity index (χ3n) is 5.50. The Labute approximate surface area is 147 Å². The van der Waals surface area contributed by atoms with Gasteiger partial charge in [-0.1, -0.05) is 12.8 Å². The SMILES string of the molecule is O=C(OCC(=O)N1CCC[C@H]2CCCC[C@@H]21)c1ccc2c(c1)OCO2. The average molecular weight is 345 g/mol. The number of ether oxygens (including phenoxy) is 3. The second kappa shape index (κ2) is 6.94. The van der Waals surface area contributed by atoms with E-state index in [-0.39, 0.29) is 19.3 Å². The smallest absolute Gasteiger partial charge is 0.338 e. The molecule has 25 heavy (non-hydrogen) atoms. The molecular formula is C19H23NO5. The van der Waals surface area contributed by atoms with Crippen LogP contribution in [0.2, 0.25) is 0 Å². The molecule has 0 unspecified atom stereocenters. The summed E-state index contributed by atoms with van der Waals surface area (Å²) in [5.41, 5.74) is 0.367. The van der Waals surface area contributed by atoms with E-state index in [1.807, 2.05) is 4.90 Å². The quantitative estimate of drug-likeness (QED) is 0.788. The molecule has 2 aliphatic heterocycles. The minimum atomic E-state index is -0.510. The maximum atomic E-state index is 12.6. The Kier molecular flexibility index (Phi) is 4.51. The predicted molar refractivity (Wildman–Crippen MR) is 89.5 cm³/mol. The van der Waals surface area contributed by atoms with E-state index in [0.717, 1.165) is 19.4 Å². The van der Waals surface area contributed by atoms with E-state index in [1.54, 1.807) is 18.2 Å². The van der Waals surface area contributed by atoms with Gasteiger partial charge < -0.3 is 19.1 Å². The Morgan fingerprint density at radius 2 is 1.88 bits per heavy atom. The molecule has 2 fully saturated rings. The summed E-state index contributed by atoms with van der Waals surface area (Å²) in [7, 11) is 0. The maximum Gasteiger partial charge on any atom is 0.338 e. The molecule has 1 saturated heterocycles. The first kappa shape index (κ1) is 16.2. The number of likely N-dealkylation sites (tertiary alicyclic amines) is 1. The van der Waals surface area contributed by atoms with Gasteiger partial charge in [0.2, 0.25) is 6.79 Å². The molecule has 1 amide bonds. The second-order valence-corrected chi connectivity index (χ2v) is 6.99. The van der Waals surface area contributed by atoms with Gasteiger partial charge in [0.05, 0.1) is 5.56 Å². The lowest BCUT2D eigenvalue weighted by atomic mass is 9.78. The van der Waals surface area contributed by atoms with Crippen molar-refractivity contribution in [2.24, 2.45) is 5.92 Å². The van der Waals surface area contributed by atoms with Crippen LogP contribution >= 0.6 is 0 Å². The number of amides is 1. The van der Waals surface area contributed by atoms with Crippen LogP contribution in [0.15, 0.2) is 18.2 Å². The van der Waals surface area contributed by atoms with E-state index >= 15 is 0 Å². The van der Waals surface area contributed by atoms with Crippen molar-refractivity contribution >= 4 is 11.9 Å². The Balaban J connectivity index is 1.35. The summed E-state index contributed by atoms with van der Waals surface area (Å²) in [6, 6.07) is 5.23. The van der Waals surface area contributed by atoms with Gasteiger partial charge in [0, 0.05) is 12.6 Å². The molecular weight excluding hydrogens is 322 g/mol. The minimum absolute atomic E-state index is 0.0781. The summed E-state index contributed by atoms with van der Waals surface area (Å²) < 4.78 is 15.7. The molecule has 134 valence electrons. The Morgan fingerprint density at radius 1 is 1.08 bits per heavy atom. The first-order valence-corrected chi connectivity index (χ1v) is 9.08. The number of carbonyl (C=O) groups excluding carboxylic acids is 2. The van der Waals surface area contributed by atoms with Gasteiger partial charge in [-0.2, -0.15) is 0 Å². The summed E-state index contributed by atoms with van der Waals surface area (Å²) in [5, 5.41) is 0. The van der Waals surface area contributed by atoms with E-state index in [1.165, 1.54) is 25.7 Å². The van der Waals surface area contributed by atoms with Crippen LogP contribution in [0.3, 0.4) is 0 Å². The van der Waals surface area contributed by atoms with Crippen molar-refractivity contribution in [3.63, 3.8) is 0 Å². The number of hydrogen-bond donors (Lipinski definition) is 0. The van der Waals surface area contributed by atoms with Crippen LogP contribution < -0.4 is 9.47 Å². The van der Waals surface area contributed by atoms with Crippen molar-refractivity contribution in [3.05, 3.63) is 23.8 Å². The predicted octanol–water partition coefficient (Wildman–Crippen LogP) is 2.75. The number of carbonyl (C=O) groups is 2. The van der Waals surface area contributed by atoms with Gasteiger partial charge in [0.25, 0.3) is 5.91 Å². The maximum absolute atomic E-state index is 12.6.